The lowest BCUT2D eigenvalue weighted by Gasteiger charge is -2.31. The third-order valence-electron chi connectivity index (χ3n) is 4.81. The maximum Gasteiger partial charge on any atom is 0.329 e. The van der Waals surface area contributed by atoms with Crippen LogP contribution in [0.15, 0.2) is 29.1 Å². The van der Waals surface area contributed by atoms with Gasteiger partial charge in [-0.15, -0.1) is 0 Å². The summed E-state index contributed by atoms with van der Waals surface area (Å²) in [5.41, 5.74) is 1.36. The van der Waals surface area contributed by atoms with Crippen molar-refractivity contribution in [2.24, 2.45) is 13.0 Å². The number of rotatable bonds is 4. The normalized spacial score (nSPS) is 15.5. The second-order valence-corrected chi connectivity index (χ2v) is 6.32. The van der Waals surface area contributed by atoms with Crippen LogP contribution in [0.2, 0.25) is 0 Å². The van der Waals surface area contributed by atoms with E-state index >= 15 is 0 Å². The lowest BCUT2D eigenvalue weighted by Crippen LogP contribution is -2.43. The van der Waals surface area contributed by atoms with Gasteiger partial charge in [-0.05, 0) is 31.9 Å². The molecule has 1 aromatic heterocycles. The van der Waals surface area contributed by atoms with E-state index in [0.717, 1.165) is 11.0 Å². The van der Waals surface area contributed by atoms with Crippen LogP contribution < -0.4 is 5.69 Å². The monoisotopic (exact) mass is 345 g/mol. The minimum atomic E-state index is -0.198. The molecule has 0 atom stereocenters. The molecule has 7 nitrogen and oxygen atoms in total. The van der Waals surface area contributed by atoms with E-state index in [1.807, 2.05) is 24.3 Å². The van der Waals surface area contributed by atoms with Gasteiger partial charge in [0, 0.05) is 20.1 Å². The number of ether oxygens (including phenoxy) is 1. The molecule has 134 valence electrons. The summed E-state index contributed by atoms with van der Waals surface area (Å²) in [5.74, 6) is -0.412. The minimum Gasteiger partial charge on any atom is -0.466 e. The largest absolute Gasteiger partial charge is 0.466 e. The maximum atomic E-state index is 12.6. The molecule has 0 spiro atoms. The van der Waals surface area contributed by atoms with Gasteiger partial charge in [0.05, 0.1) is 23.6 Å². The maximum absolute atomic E-state index is 12.6. The lowest BCUT2D eigenvalue weighted by atomic mass is 9.97. The van der Waals surface area contributed by atoms with Crippen LogP contribution in [0, 0.1) is 5.92 Å². The SMILES string of the molecule is CCOC(=O)C1CCN(C(=O)Cn2c(=O)n(C)c3ccccc32)CC1. The number of carbonyl (C=O) groups excluding carboxylic acids is 2. The minimum absolute atomic E-state index is 0.0181. The summed E-state index contributed by atoms with van der Waals surface area (Å²) in [7, 11) is 1.70. The van der Waals surface area contributed by atoms with Crippen LogP contribution in [0.3, 0.4) is 0 Å². The second-order valence-electron chi connectivity index (χ2n) is 6.32. The molecule has 1 fully saturated rings. The first-order valence-corrected chi connectivity index (χ1v) is 8.61. The Morgan fingerprint density at radius 3 is 2.44 bits per heavy atom. The summed E-state index contributed by atoms with van der Waals surface area (Å²) in [4.78, 5) is 38.5. The molecular formula is C18H23N3O4. The Hall–Kier alpha value is -2.57. The molecular weight excluding hydrogens is 322 g/mol. The van der Waals surface area contributed by atoms with Crippen LogP contribution in [0.5, 0.6) is 0 Å². The number of para-hydroxylation sites is 2. The number of carbonyl (C=O) groups is 2. The van der Waals surface area contributed by atoms with E-state index in [2.05, 4.69) is 0 Å². The van der Waals surface area contributed by atoms with Crippen LogP contribution >= 0.6 is 0 Å². The van der Waals surface area contributed by atoms with E-state index in [9.17, 15) is 14.4 Å². The Kier molecular flexibility index (Phi) is 4.92. The van der Waals surface area contributed by atoms with Crippen LogP contribution in [-0.2, 0) is 27.9 Å². The van der Waals surface area contributed by atoms with Crippen molar-refractivity contribution in [2.45, 2.75) is 26.3 Å². The number of benzene rings is 1. The van der Waals surface area contributed by atoms with Crippen molar-refractivity contribution in [1.29, 1.82) is 0 Å². The van der Waals surface area contributed by atoms with Crippen molar-refractivity contribution < 1.29 is 14.3 Å². The fraction of sp³-hybridized carbons (Fsp3) is 0.500. The molecule has 2 aromatic rings. The van der Waals surface area contributed by atoms with Crippen molar-refractivity contribution in [3.63, 3.8) is 0 Å². The molecule has 0 bridgehead atoms. The molecule has 0 aliphatic carbocycles. The summed E-state index contributed by atoms with van der Waals surface area (Å²) in [6.45, 7) is 3.22. The second kappa shape index (κ2) is 7.13. The zero-order chi connectivity index (χ0) is 18.0. The molecule has 2 heterocycles. The predicted molar refractivity (Wildman–Crippen MR) is 93.1 cm³/mol. The number of aromatic nitrogens is 2. The predicted octanol–water partition coefficient (Wildman–Crippen LogP) is 1.14. The molecule has 0 unspecified atom stereocenters. The van der Waals surface area contributed by atoms with Gasteiger partial charge in [-0.2, -0.15) is 0 Å². The Bertz CT molecular complexity index is 844. The van der Waals surface area contributed by atoms with Crippen molar-refractivity contribution in [2.75, 3.05) is 19.7 Å². The average molecular weight is 345 g/mol. The van der Waals surface area contributed by atoms with Crippen molar-refractivity contribution >= 4 is 22.9 Å². The molecule has 1 aliphatic heterocycles. The molecule has 0 radical (unpaired) electrons. The highest BCUT2D eigenvalue weighted by atomic mass is 16.5. The molecule has 1 saturated heterocycles. The Morgan fingerprint density at radius 1 is 1.16 bits per heavy atom. The number of likely N-dealkylation sites (tertiary alicyclic amines) is 1. The topological polar surface area (TPSA) is 73.5 Å². The van der Waals surface area contributed by atoms with E-state index in [1.165, 1.54) is 4.57 Å². The van der Waals surface area contributed by atoms with Crippen molar-refractivity contribution in [3.05, 3.63) is 34.7 Å². The summed E-state index contributed by atoms with van der Waals surface area (Å²) in [6, 6.07) is 7.43. The molecule has 0 saturated carbocycles. The number of aryl methyl sites for hydroxylation is 1. The number of hydrogen-bond donors (Lipinski definition) is 0. The lowest BCUT2D eigenvalue weighted by molar-refractivity contribution is -0.151. The molecule has 3 rings (SSSR count). The van der Waals surface area contributed by atoms with Gasteiger partial charge in [0.15, 0.2) is 0 Å². The molecule has 1 amide bonds. The fourth-order valence-corrected chi connectivity index (χ4v) is 3.38. The zero-order valence-electron chi connectivity index (χ0n) is 14.6. The van der Waals surface area contributed by atoms with Gasteiger partial charge in [-0.3, -0.25) is 18.7 Å². The van der Waals surface area contributed by atoms with Gasteiger partial charge in [0.25, 0.3) is 0 Å². The molecule has 25 heavy (non-hydrogen) atoms. The van der Waals surface area contributed by atoms with Crippen LogP contribution in [-0.4, -0.2) is 45.6 Å². The van der Waals surface area contributed by atoms with E-state index in [-0.39, 0.29) is 30.0 Å². The third-order valence-corrected chi connectivity index (χ3v) is 4.81. The summed E-state index contributed by atoms with van der Waals surface area (Å²) >= 11 is 0. The first-order chi connectivity index (χ1) is 12.0. The molecule has 0 N–H and O–H groups in total. The first kappa shape index (κ1) is 17.3. The van der Waals surface area contributed by atoms with Gasteiger partial charge in [0.2, 0.25) is 5.91 Å². The van der Waals surface area contributed by atoms with Gasteiger partial charge >= 0.3 is 11.7 Å². The highest BCUT2D eigenvalue weighted by Crippen LogP contribution is 2.19. The van der Waals surface area contributed by atoms with E-state index in [1.54, 1.807) is 23.4 Å². The third kappa shape index (κ3) is 3.31. The number of esters is 1. The highest BCUT2D eigenvalue weighted by Gasteiger charge is 2.28. The van der Waals surface area contributed by atoms with Gasteiger partial charge in [-0.1, -0.05) is 12.1 Å². The standard InChI is InChI=1S/C18H23N3O4/c1-3-25-17(23)13-8-10-20(11-9-13)16(22)12-21-15-7-5-4-6-14(15)19(2)18(21)24/h4-7,13H,3,8-12H2,1-2H3. The molecule has 7 heteroatoms. The van der Waals surface area contributed by atoms with E-state index < -0.39 is 0 Å². The molecule has 1 aliphatic rings. The van der Waals surface area contributed by atoms with Crippen molar-refractivity contribution in [1.82, 2.24) is 14.0 Å². The number of hydrogen-bond acceptors (Lipinski definition) is 4. The van der Waals surface area contributed by atoms with Crippen LogP contribution in [0.4, 0.5) is 0 Å². The van der Waals surface area contributed by atoms with E-state index in [4.69, 9.17) is 4.74 Å². The van der Waals surface area contributed by atoms with Gasteiger partial charge < -0.3 is 9.64 Å². The Balaban J connectivity index is 1.69. The van der Waals surface area contributed by atoms with Crippen molar-refractivity contribution in [3.8, 4) is 0 Å². The number of nitrogens with zero attached hydrogens (tertiary/aromatic N) is 3. The van der Waals surface area contributed by atoms with Gasteiger partial charge in [-0.25, -0.2) is 4.79 Å². The number of fused-ring (bicyclic) bond motifs is 1. The first-order valence-electron chi connectivity index (χ1n) is 8.61. The number of amides is 1. The summed E-state index contributed by atoms with van der Waals surface area (Å²) < 4.78 is 8.11. The number of imidazole rings is 1. The number of piperidine rings is 1. The summed E-state index contributed by atoms with van der Waals surface area (Å²) in [5, 5.41) is 0. The fourth-order valence-electron chi connectivity index (χ4n) is 3.38. The smallest absolute Gasteiger partial charge is 0.329 e. The average Bonchev–Trinajstić information content (AvgIpc) is 2.87. The Labute approximate surface area is 145 Å². The van der Waals surface area contributed by atoms with Crippen LogP contribution in [0.1, 0.15) is 19.8 Å². The highest BCUT2D eigenvalue weighted by molar-refractivity contribution is 5.81. The molecule has 1 aromatic carbocycles. The summed E-state index contributed by atoms with van der Waals surface area (Å²) in [6.07, 6.45) is 1.21. The van der Waals surface area contributed by atoms with E-state index in [0.29, 0.717) is 32.5 Å². The van der Waals surface area contributed by atoms with Gasteiger partial charge in [0.1, 0.15) is 6.54 Å². The zero-order valence-corrected chi connectivity index (χ0v) is 14.6. The van der Waals surface area contributed by atoms with Crippen LogP contribution in [0.25, 0.3) is 11.0 Å². The Morgan fingerprint density at radius 2 is 1.80 bits per heavy atom. The quantitative estimate of drug-likeness (QED) is 0.779.